The van der Waals surface area contributed by atoms with Gasteiger partial charge in [-0.15, -0.1) is 0 Å². The Hall–Kier alpha value is -0.0800. The van der Waals surface area contributed by atoms with Crippen LogP contribution in [0.5, 0.6) is 0 Å². The van der Waals surface area contributed by atoms with Crippen molar-refractivity contribution in [2.24, 2.45) is 17.8 Å². The summed E-state index contributed by atoms with van der Waals surface area (Å²) in [6, 6.07) is 0.990. The van der Waals surface area contributed by atoms with Crippen LogP contribution in [0, 0.1) is 17.8 Å². The summed E-state index contributed by atoms with van der Waals surface area (Å²) in [7, 11) is 2.07. The second-order valence-corrected chi connectivity index (χ2v) is 6.11. The molecule has 3 aliphatic heterocycles. The normalized spacial score (nSPS) is 45.9. The fraction of sp³-hybridized carbons (Fsp3) is 1.00. The highest BCUT2D eigenvalue weighted by atomic mass is 15.2. The van der Waals surface area contributed by atoms with Gasteiger partial charge in [-0.2, -0.15) is 0 Å². The van der Waals surface area contributed by atoms with Crippen LogP contribution in [0.3, 0.4) is 0 Å². The number of hydrogen-bond donors (Lipinski definition) is 1. The molecule has 4 aliphatic rings. The van der Waals surface area contributed by atoms with Crippen molar-refractivity contribution in [3.63, 3.8) is 0 Å². The summed E-state index contributed by atoms with van der Waals surface area (Å²) < 4.78 is 0. The predicted molar refractivity (Wildman–Crippen MR) is 67.5 cm³/mol. The molecule has 1 aliphatic carbocycles. The molecule has 1 saturated carbocycles. The molecule has 3 atom stereocenters. The van der Waals surface area contributed by atoms with Crippen molar-refractivity contribution in [3.8, 4) is 0 Å². The number of rotatable bonds is 4. The molecule has 92 valence electrons. The van der Waals surface area contributed by atoms with Crippen molar-refractivity contribution in [1.82, 2.24) is 10.2 Å². The first-order chi connectivity index (χ1) is 7.90. The fourth-order valence-electron chi connectivity index (χ4n) is 4.68. The summed E-state index contributed by atoms with van der Waals surface area (Å²) >= 11 is 0. The van der Waals surface area contributed by atoms with Crippen molar-refractivity contribution >= 4 is 0 Å². The third-order valence-corrected chi connectivity index (χ3v) is 5.40. The summed E-state index contributed by atoms with van der Waals surface area (Å²) in [5.41, 5.74) is 0. The van der Waals surface area contributed by atoms with Crippen molar-refractivity contribution < 1.29 is 0 Å². The first-order valence-electron chi connectivity index (χ1n) is 7.29. The molecule has 0 radical (unpaired) electrons. The molecule has 3 heterocycles. The van der Waals surface area contributed by atoms with Gasteiger partial charge in [0.2, 0.25) is 0 Å². The van der Waals surface area contributed by atoms with Crippen LogP contribution in [-0.2, 0) is 0 Å². The Bertz CT molecular complexity index is 233. The SMILES string of the molecule is CNCCCC1CCC2C3CCN(CC3)C12. The van der Waals surface area contributed by atoms with Crippen LogP contribution in [0.25, 0.3) is 0 Å². The number of hydrogen-bond acceptors (Lipinski definition) is 2. The zero-order valence-corrected chi connectivity index (χ0v) is 10.6. The van der Waals surface area contributed by atoms with Crippen LogP contribution in [0.4, 0.5) is 0 Å². The Labute approximate surface area is 99.8 Å². The van der Waals surface area contributed by atoms with Gasteiger partial charge >= 0.3 is 0 Å². The van der Waals surface area contributed by atoms with Crippen LogP contribution in [0.2, 0.25) is 0 Å². The standard InChI is InChI=1S/C14H26N2/c1-15-8-2-3-12-4-5-13-11-6-9-16(10-7-11)14(12)13/h11-15H,2-10H2,1H3. The van der Waals surface area contributed by atoms with Gasteiger partial charge in [0.25, 0.3) is 0 Å². The van der Waals surface area contributed by atoms with Crippen molar-refractivity contribution in [2.45, 2.75) is 44.6 Å². The summed E-state index contributed by atoms with van der Waals surface area (Å²) in [5, 5.41) is 3.28. The average molecular weight is 222 g/mol. The number of fused-ring (bicyclic) bond motifs is 2. The third kappa shape index (κ3) is 1.80. The Morgan fingerprint density at radius 2 is 1.94 bits per heavy atom. The molecule has 1 N–H and O–H groups in total. The van der Waals surface area contributed by atoms with Gasteiger partial charge in [-0.05, 0) is 83.0 Å². The molecular weight excluding hydrogens is 196 g/mol. The van der Waals surface area contributed by atoms with Gasteiger partial charge in [-0.25, -0.2) is 0 Å². The maximum atomic E-state index is 3.28. The minimum Gasteiger partial charge on any atom is -0.320 e. The van der Waals surface area contributed by atoms with Gasteiger partial charge < -0.3 is 5.32 Å². The van der Waals surface area contributed by atoms with Crippen molar-refractivity contribution in [3.05, 3.63) is 0 Å². The Morgan fingerprint density at radius 1 is 1.12 bits per heavy atom. The Kier molecular flexibility index (Phi) is 3.21. The van der Waals surface area contributed by atoms with E-state index in [9.17, 15) is 0 Å². The molecule has 0 spiro atoms. The van der Waals surface area contributed by atoms with Crippen LogP contribution >= 0.6 is 0 Å². The molecule has 0 aromatic rings. The quantitative estimate of drug-likeness (QED) is 0.733. The summed E-state index contributed by atoms with van der Waals surface area (Å²) in [4.78, 5) is 2.84. The Balaban J connectivity index is 1.61. The molecule has 4 fully saturated rings. The average Bonchev–Trinajstić information content (AvgIpc) is 2.77. The van der Waals surface area contributed by atoms with E-state index in [1.807, 2.05) is 0 Å². The topological polar surface area (TPSA) is 15.3 Å². The van der Waals surface area contributed by atoms with E-state index in [2.05, 4.69) is 17.3 Å². The van der Waals surface area contributed by atoms with E-state index >= 15 is 0 Å². The minimum absolute atomic E-state index is 0.990. The lowest BCUT2D eigenvalue weighted by Crippen LogP contribution is -2.54. The second-order valence-electron chi connectivity index (χ2n) is 6.11. The molecule has 3 saturated heterocycles. The first-order valence-corrected chi connectivity index (χ1v) is 7.29. The van der Waals surface area contributed by atoms with E-state index in [-0.39, 0.29) is 0 Å². The second kappa shape index (κ2) is 4.66. The highest BCUT2D eigenvalue weighted by Crippen LogP contribution is 2.49. The molecule has 0 aromatic heterocycles. The largest absolute Gasteiger partial charge is 0.320 e. The smallest absolute Gasteiger partial charge is 0.0154 e. The van der Waals surface area contributed by atoms with Gasteiger partial charge in [0.1, 0.15) is 0 Å². The van der Waals surface area contributed by atoms with E-state index in [0.717, 1.165) is 23.8 Å². The van der Waals surface area contributed by atoms with Crippen molar-refractivity contribution in [2.75, 3.05) is 26.7 Å². The molecular formula is C14H26N2. The Morgan fingerprint density at radius 3 is 2.69 bits per heavy atom. The number of nitrogens with zero attached hydrogens (tertiary/aromatic N) is 1. The van der Waals surface area contributed by atoms with E-state index in [4.69, 9.17) is 0 Å². The third-order valence-electron chi connectivity index (χ3n) is 5.40. The maximum Gasteiger partial charge on any atom is 0.0154 e. The van der Waals surface area contributed by atoms with Crippen LogP contribution < -0.4 is 5.32 Å². The van der Waals surface area contributed by atoms with E-state index in [0.29, 0.717) is 0 Å². The van der Waals surface area contributed by atoms with Gasteiger partial charge in [0.15, 0.2) is 0 Å². The highest BCUT2D eigenvalue weighted by molar-refractivity contribution is 5.01. The van der Waals surface area contributed by atoms with Crippen LogP contribution in [0.15, 0.2) is 0 Å². The molecule has 2 heteroatoms. The van der Waals surface area contributed by atoms with Crippen LogP contribution in [0.1, 0.15) is 38.5 Å². The van der Waals surface area contributed by atoms with Crippen molar-refractivity contribution in [1.29, 1.82) is 0 Å². The van der Waals surface area contributed by atoms with E-state index in [1.165, 1.54) is 58.2 Å². The minimum atomic E-state index is 0.990. The number of piperidine rings is 3. The molecule has 0 amide bonds. The molecule has 4 rings (SSSR count). The van der Waals surface area contributed by atoms with Gasteiger partial charge in [0, 0.05) is 6.04 Å². The summed E-state index contributed by atoms with van der Waals surface area (Å²) in [6.07, 6.45) is 8.91. The van der Waals surface area contributed by atoms with E-state index < -0.39 is 0 Å². The van der Waals surface area contributed by atoms with Gasteiger partial charge in [-0.1, -0.05) is 0 Å². The lowest BCUT2D eigenvalue weighted by molar-refractivity contribution is -0.0112. The molecule has 0 aromatic carbocycles. The predicted octanol–water partition coefficient (Wildman–Crippen LogP) is 2.11. The van der Waals surface area contributed by atoms with Gasteiger partial charge in [0.05, 0.1) is 0 Å². The molecule has 16 heavy (non-hydrogen) atoms. The summed E-state index contributed by atoms with van der Waals surface area (Å²) in [5.74, 6) is 3.22. The zero-order valence-electron chi connectivity index (χ0n) is 10.6. The van der Waals surface area contributed by atoms with Gasteiger partial charge in [-0.3, -0.25) is 4.90 Å². The zero-order chi connectivity index (χ0) is 11.0. The lowest BCUT2D eigenvalue weighted by atomic mass is 9.73. The van der Waals surface area contributed by atoms with Crippen LogP contribution in [-0.4, -0.2) is 37.6 Å². The first kappa shape index (κ1) is 11.0. The monoisotopic (exact) mass is 222 g/mol. The maximum absolute atomic E-state index is 3.28. The molecule has 3 unspecified atom stereocenters. The van der Waals surface area contributed by atoms with E-state index in [1.54, 1.807) is 0 Å². The lowest BCUT2D eigenvalue weighted by Gasteiger charge is -2.50. The fourth-order valence-corrected chi connectivity index (χ4v) is 4.68. The molecule has 2 nitrogen and oxygen atoms in total. The number of nitrogens with one attached hydrogen (secondary N) is 1. The molecule has 2 bridgehead atoms. The summed E-state index contributed by atoms with van der Waals surface area (Å²) in [6.45, 7) is 4.03. The highest BCUT2D eigenvalue weighted by Gasteiger charge is 2.48.